The van der Waals surface area contributed by atoms with E-state index in [0.717, 1.165) is 43.6 Å². The van der Waals surface area contributed by atoms with Gasteiger partial charge in [0.25, 0.3) is 0 Å². The third kappa shape index (κ3) is 4.14. The molecule has 3 aromatic rings. The number of benzene rings is 2. The van der Waals surface area contributed by atoms with E-state index >= 15 is 0 Å². The Morgan fingerprint density at radius 3 is 2.63 bits per heavy atom. The Hall–Kier alpha value is -1.98. The highest BCUT2D eigenvalue weighted by Crippen LogP contribution is 2.27. The van der Waals surface area contributed by atoms with E-state index in [1.807, 2.05) is 11.8 Å². The monoisotopic (exact) mass is 380 g/mol. The summed E-state index contributed by atoms with van der Waals surface area (Å²) < 4.78 is 2.38. The molecule has 0 bridgehead atoms. The molecule has 0 radical (unpaired) electrons. The van der Waals surface area contributed by atoms with Crippen LogP contribution in [0.25, 0.3) is 11.0 Å². The molecule has 1 aliphatic rings. The van der Waals surface area contributed by atoms with Gasteiger partial charge in [0.15, 0.2) is 0 Å². The first-order valence-corrected chi connectivity index (χ1v) is 10.8. The number of anilines is 1. The highest BCUT2D eigenvalue weighted by atomic mass is 32.2. The summed E-state index contributed by atoms with van der Waals surface area (Å²) >= 11 is 1.94. The molecule has 27 heavy (non-hydrogen) atoms. The van der Waals surface area contributed by atoms with E-state index in [2.05, 4.69) is 76.7 Å². The molecular weight excluding hydrogens is 352 g/mol. The molecule has 0 N–H and O–H groups in total. The Morgan fingerprint density at radius 2 is 1.81 bits per heavy atom. The maximum Gasteiger partial charge on any atom is 0.208 e. The van der Waals surface area contributed by atoms with Crippen LogP contribution in [0.15, 0.2) is 53.4 Å². The molecule has 0 fully saturated rings. The molecule has 1 aromatic heterocycles. The lowest BCUT2D eigenvalue weighted by molar-refractivity contribution is 0.211. The summed E-state index contributed by atoms with van der Waals surface area (Å²) in [7, 11) is 0. The van der Waals surface area contributed by atoms with Gasteiger partial charge in [0.1, 0.15) is 0 Å². The number of nitrogens with zero attached hydrogens (tertiary/aromatic N) is 4. The van der Waals surface area contributed by atoms with Gasteiger partial charge in [-0.3, -0.25) is 9.47 Å². The number of hydrogen-bond acceptors (Lipinski definition) is 4. The van der Waals surface area contributed by atoms with Gasteiger partial charge in [-0.05, 0) is 37.6 Å². The molecule has 0 saturated heterocycles. The summed E-state index contributed by atoms with van der Waals surface area (Å²) in [6, 6.07) is 17.3. The smallest absolute Gasteiger partial charge is 0.208 e. The fourth-order valence-corrected chi connectivity index (χ4v) is 4.49. The molecule has 142 valence electrons. The number of rotatable bonds is 7. The van der Waals surface area contributed by atoms with Gasteiger partial charge < -0.3 is 4.90 Å². The summed E-state index contributed by atoms with van der Waals surface area (Å²) in [5, 5.41) is 0. The summed E-state index contributed by atoms with van der Waals surface area (Å²) in [5.41, 5.74) is 3.66. The number of unbranched alkanes of at least 4 members (excludes halogenated alkanes) is 1. The van der Waals surface area contributed by atoms with Gasteiger partial charge >= 0.3 is 0 Å². The molecule has 0 amide bonds. The van der Waals surface area contributed by atoms with Crippen LogP contribution in [0, 0.1) is 6.92 Å². The molecule has 2 aromatic carbocycles. The van der Waals surface area contributed by atoms with E-state index in [1.165, 1.54) is 28.8 Å². The molecule has 5 heteroatoms. The van der Waals surface area contributed by atoms with Gasteiger partial charge in [-0.2, -0.15) is 0 Å². The molecule has 0 unspecified atom stereocenters. The summed E-state index contributed by atoms with van der Waals surface area (Å²) in [5.74, 6) is 2.24. The highest BCUT2D eigenvalue weighted by Gasteiger charge is 2.25. The van der Waals surface area contributed by atoms with Crippen molar-refractivity contribution >= 4 is 28.7 Å². The molecule has 2 heterocycles. The van der Waals surface area contributed by atoms with Gasteiger partial charge in [-0.1, -0.05) is 43.2 Å². The quantitative estimate of drug-likeness (QED) is 0.540. The zero-order valence-corrected chi connectivity index (χ0v) is 17.1. The summed E-state index contributed by atoms with van der Waals surface area (Å²) in [6.07, 6.45) is 2.41. The molecule has 4 rings (SSSR count). The standard InChI is InChI=1S/C22H28N4S/c1-3-4-13-25-16-24(14-15-27-19-11-9-18(2)10-12-19)17-26-21-8-6-5-7-20(21)23-22(25)26/h5-12H,3-4,13-17H2,1-2H3. The lowest BCUT2D eigenvalue weighted by Crippen LogP contribution is -2.46. The SMILES string of the molecule is CCCCN1CN(CCSc2ccc(C)cc2)Cn2c1nc1ccccc12. The predicted molar refractivity (Wildman–Crippen MR) is 115 cm³/mol. The van der Waals surface area contributed by atoms with Crippen LogP contribution in [0.3, 0.4) is 0 Å². The van der Waals surface area contributed by atoms with Gasteiger partial charge in [0, 0.05) is 23.7 Å². The minimum Gasteiger partial charge on any atom is -0.329 e. The van der Waals surface area contributed by atoms with E-state index < -0.39 is 0 Å². The van der Waals surface area contributed by atoms with E-state index in [1.54, 1.807) is 0 Å². The maximum atomic E-state index is 4.92. The van der Waals surface area contributed by atoms with Crippen molar-refractivity contribution in [3.8, 4) is 0 Å². The number of para-hydroxylation sites is 2. The summed E-state index contributed by atoms with van der Waals surface area (Å²) in [4.78, 5) is 11.3. The van der Waals surface area contributed by atoms with Crippen molar-refractivity contribution < 1.29 is 0 Å². The molecule has 1 aliphatic heterocycles. The second kappa shape index (κ2) is 8.36. The minimum atomic E-state index is 0.924. The first kappa shape index (κ1) is 18.4. The number of imidazole rings is 1. The van der Waals surface area contributed by atoms with Crippen LogP contribution in [0.2, 0.25) is 0 Å². The first-order valence-electron chi connectivity index (χ1n) is 9.86. The number of aromatic nitrogens is 2. The molecule has 0 aliphatic carbocycles. The van der Waals surface area contributed by atoms with Gasteiger partial charge in [0.05, 0.1) is 24.4 Å². The lowest BCUT2D eigenvalue weighted by Gasteiger charge is -2.37. The van der Waals surface area contributed by atoms with E-state index in [-0.39, 0.29) is 0 Å². The van der Waals surface area contributed by atoms with Gasteiger partial charge in [-0.15, -0.1) is 11.8 Å². The Morgan fingerprint density at radius 1 is 1.00 bits per heavy atom. The van der Waals surface area contributed by atoms with Gasteiger partial charge in [-0.25, -0.2) is 4.98 Å². The zero-order valence-electron chi connectivity index (χ0n) is 16.3. The molecule has 0 spiro atoms. The molecule has 4 nitrogen and oxygen atoms in total. The lowest BCUT2D eigenvalue weighted by atomic mass is 10.2. The number of aryl methyl sites for hydroxylation is 1. The highest BCUT2D eigenvalue weighted by molar-refractivity contribution is 7.99. The van der Waals surface area contributed by atoms with Crippen molar-refractivity contribution in [3.05, 3.63) is 54.1 Å². The van der Waals surface area contributed by atoms with E-state index in [0.29, 0.717) is 0 Å². The maximum absolute atomic E-state index is 4.92. The van der Waals surface area contributed by atoms with Crippen LogP contribution >= 0.6 is 11.8 Å². The third-order valence-electron chi connectivity index (χ3n) is 5.11. The van der Waals surface area contributed by atoms with Crippen LogP contribution in [0.4, 0.5) is 5.95 Å². The predicted octanol–water partition coefficient (Wildman–Crippen LogP) is 4.97. The normalized spacial score (nSPS) is 14.7. The van der Waals surface area contributed by atoms with Crippen molar-refractivity contribution in [1.82, 2.24) is 14.5 Å². The van der Waals surface area contributed by atoms with Crippen molar-refractivity contribution in [2.75, 3.05) is 30.4 Å². The van der Waals surface area contributed by atoms with Crippen molar-refractivity contribution in [2.24, 2.45) is 0 Å². The molecular formula is C22H28N4S. The van der Waals surface area contributed by atoms with Crippen molar-refractivity contribution in [1.29, 1.82) is 0 Å². The van der Waals surface area contributed by atoms with Crippen LogP contribution in [0.5, 0.6) is 0 Å². The number of hydrogen-bond donors (Lipinski definition) is 0. The van der Waals surface area contributed by atoms with Crippen LogP contribution in [0.1, 0.15) is 25.3 Å². The Labute approximate surface area is 166 Å². The second-order valence-corrected chi connectivity index (χ2v) is 8.45. The van der Waals surface area contributed by atoms with Crippen LogP contribution in [-0.4, -0.2) is 40.0 Å². The van der Waals surface area contributed by atoms with E-state index in [4.69, 9.17) is 4.98 Å². The van der Waals surface area contributed by atoms with Crippen molar-refractivity contribution in [2.45, 2.75) is 38.3 Å². The fourth-order valence-electron chi connectivity index (χ4n) is 3.58. The average Bonchev–Trinajstić information content (AvgIpc) is 3.07. The number of fused-ring (bicyclic) bond motifs is 3. The number of thioether (sulfide) groups is 1. The van der Waals surface area contributed by atoms with Crippen LogP contribution < -0.4 is 4.90 Å². The topological polar surface area (TPSA) is 24.3 Å². The average molecular weight is 381 g/mol. The molecule has 0 saturated carbocycles. The summed E-state index contributed by atoms with van der Waals surface area (Å²) in [6.45, 7) is 8.43. The van der Waals surface area contributed by atoms with Crippen LogP contribution in [-0.2, 0) is 6.67 Å². The van der Waals surface area contributed by atoms with Gasteiger partial charge in [0.2, 0.25) is 5.95 Å². The Balaban J connectivity index is 1.47. The zero-order chi connectivity index (χ0) is 18.6. The van der Waals surface area contributed by atoms with Crippen molar-refractivity contribution in [3.63, 3.8) is 0 Å². The van der Waals surface area contributed by atoms with E-state index in [9.17, 15) is 0 Å². The molecule has 0 atom stereocenters. The second-order valence-electron chi connectivity index (χ2n) is 7.28. The minimum absolute atomic E-state index is 0.924. The Bertz CT molecular complexity index is 887. The largest absolute Gasteiger partial charge is 0.329 e. The third-order valence-corrected chi connectivity index (χ3v) is 6.10. The fraction of sp³-hybridized carbons (Fsp3) is 0.409. The Kier molecular flexibility index (Phi) is 5.69. The first-order chi connectivity index (χ1) is 13.2.